The molecule has 0 heterocycles. The van der Waals surface area contributed by atoms with Crippen LogP contribution in [0.2, 0.25) is 0 Å². The maximum Gasteiger partial charge on any atom is 0.0905 e. The van der Waals surface area contributed by atoms with Gasteiger partial charge in [-0.3, -0.25) is 5.41 Å². The molecule has 0 aromatic rings. The van der Waals surface area contributed by atoms with Crippen molar-refractivity contribution in [3.05, 3.63) is 0 Å². The fourth-order valence-corrected chi connectivity index (χ4v) is 1.41. The van der Waals surface area contributed by atoms with E-state index in [1.165, 1.54) is 0 Å². The molecule has 0 unspecified atom stereocenters. The van der Waals surface area contributed by atoms with Gasteiger partial charge in [-0.05, 0) is 39.8 Å². The Morgan fingerprint density at radius 2 is 2.00 bits per heavy atom. The molecule has 78 valence electrons. The Hall–Kier alpha value is -0.570. The van der Waals surface area contributed by atoms with Gasteiger partial charge in [-0.2, -0.15) is 0 Å². The number of nitrogens with one attached hydrogen (secondary N) is 1. The number of nitrogens with two attached hydrogens (primary N) is 1. The highest BCUT2D eigenvalue weighted by Gasteiger charge is 2.05. The van der Waals surface area contributed by atoms with E-state index in [-0.39, 0.29) is 0 Å². The highest BCUT2D eigenvalue weighted by molar-refractivity contribution is 5.76. The van der Waals surface area contributed by atoms with Gasteiger partial charge < -0.3 is 10.6 Å². The molecule has 0 aliphatic carbocycles. The number of hydrogen-bond acceptors (Lipinski definition) is 2. The highest BCUT2D eigenvalue weighted by atomic mass is 15.1. The number of nitrogens with zero attached hydrogens (tertiary/aromatic N) is 1. The first-order chi connectivity index (χ1) is 6.07. The van der Waals surface area contributed by atoms with Crippen LogP contribution in [0.25, 0.3) is 0 Å². The van der Waals surface area contributed by atoms with Crippen molar-refractivity contribution in [1.82, 2.24) is 4.90 Å². The summed E-state index contributed by atoms with van der Waals surface area (Å²) in [5, 5.41) is 7.07. The van der Waals surface area contributed by atoms with E-state index in [9.17, 15) is 0 Å². The summed E-state index contributed by atoms with van der Waals surface area (Å²) < 4.78 is 0. The van der Waals surface area contributed by atoms with Crippen molar-refractivity contribution in [3.8, 4) is 0 Å². The molecule has 0 rings (SSSR count). The summed E-state index contributed by atoms with van der Waals surface area (Å²) in [5.41, 5.74) is 5.27. The predicted molar refractivity (Wildman–Crippen MR) is 58.1 cm³/mol. The SMILES string of the molecule is CCN(CCCCC(=N)N)C(C)C. The monoisotopic (exact) mass is 185 g/mol. The summed E-state index contributed by atoms with van der Waals surface area (Å²) >= 11 is 0. The van der Waals surface area contributed by atoms with Crippen molar-refractivity contribution in [1.29, 1.82) is 5.41 Å². The molecule has 0 amide bonds. The van der Waals surface area contributed by atoms with Crippen LogP contribution in [-0.2, 0) is 0 Å². The average Bonchev–Trinajstić information content (AvgIpc) is 2.03. The summed E-state index contributed by atoms with van der Waals surface area (Å²) in [4.78, 5) is 2.43. The third kappa shape index (κ3) is 6.58. The fourth-order valence-electron chi connectivity index (χ4n) is 1.41. The third-order valence-electron chi connectivity index (χ3n) is 2.28. The zero-order chi connectivity index (χ0) is 10.3. The van der Waals surface area contributed by atoms with E-state index in [1.54, 1.807) is 0 Å². The molecule has 0 radical (unpaired) electrons. The standard InChI is InChI=1S/C10H23N3/c1-4-13(9(2)3)8-6-5-7-10(11)12/h9H,4-8H2,1-3H3,(H3,11,12). The Morgan fingerprint density at radius 3 is 2.38 bits per heavy atom. The molecule has 0 aromatic heterocycles. The van der Waals surface area contributed by atoms with E-state index in [0.29, 0.717) is 11.9 Å². The van der Waals surface area contributed by atoms with Crippen LogP contribution in [0.4, 0.5) is 0 Å². The lowest BCUT2D eigenvalue weighted by Crippen LogP contribution is -2.31. The van der Waals surface area contributed by atoms with Crippen molar-refractivity contribution in [3.63, 3.8) is 0 Å². The van der Waals surface area contributed by atoms with Gasteiger partial charge in [0, 0.05) is 12.5 Å². The van der Waals surface area contributed by atoms with Crippen LogP contribution in [0, 0.1) is 5.41 Å². The molecule has 0 saturated carbocycles. The molecule has 3 N–H and O–H groups in total. The number of rotatable bonds is 7. The molecule has 0 saturated heterocycles. The molecule has 13 heavy (non-hydrogen) atoms. The molecule has 0 spiro atoms. The molecule has 3 nitrogen and oxygen atoms in total. The van der Waals surface area contributed by atoms with Crippen molar-refractivity contribution in [2.45, 2.75) is 46.1 Å². The Bertz CT molecular complexity index is 143. The lowest BCUT2D eigenvalue weighted by Gasteiger charge is -2.24. The van der Waals surface area contributed by atoms with Crippen LogP contribution in [0.15, 0.2) is 0 Å². The zero-order valence-electron chi connectivity index (χ0n) is 9.14. The van der Waals surface area contributed by atoms with Gasteiger partial charge in [-0.25, -0.2) is 0 Å². The quantitative estimate of drug-likeness (QED) is 0.361. The minimum atomic E-state index is 0.313. The normalized spacial score (nSPS) is 11.2. The fraction of sp³-hybridized carbons (Fsp3) is 0.900. The third-order valence-corrected chi connectivity index (χ3v) is 2.28. The van der Waals surface area contributed by atoms with Crippen molar-refractivity contribution < 1.29 is 0 Å². The summed E-state index contributed by atoms with van der Waals surface area (Å²) in [6.45, 7) is 8.85. The summed E-state index contributed by atoms with van der Waals surface area (Å²) in [6.07, 6.45) is 2.93. The van der Waals surface area contributed by atoms with Crippen LogP contribution in [0.3, 0.4) is 0 Å². The Balaban J connectivity index is 3.44. The van der Waals surface area contributed by atoms with Gasteiger partial charge in [0.05, 0.1) is 5.84 Å². The first kappa shape index (κ1) is 12.4. The topological polar surface area (TPSA) is 53.1 Å². The van der Waals surface area contributed by atoms with E-state index < -0.39 is 0 Å². The summed E-state index contributed by atoms with van der Waals surface area (Å²) in [6, 6.07) is 0.627. The predicted octanol–water partition coefficient (Wildman–Crippen LogP) is 1.82. The van der Waals surface area contributed by atoms with Crippen LogP contribution in [0.5, 0.6) is 0 Å². The molecule has 0 bridgehead atoms. The maximum absolute atomic E-state index is 7.07. The molecule has 0 aliphatic heterocycles. The molecule has 0 fully saturated rings. The van der Waals surface area contributed by atoms with Crippen LogP contribution >= 0.6 is 0 Å². The Morgan fingerprint density at radius 1 is 1.38 bits per heavy atom. The van der Waals surface area contributed by atoms with E-state index >= 15 is 0 Å². The van der Waals surface area contributed by atoms with E-state index in [1.807, 2.05) is 0 Å². The van der Waals surface area contributed by atoms with Gasteiger partial charge in [0.15, 0.2) is 0 Å². The van der Waals surface area contributed by atoms with Gasteiger partial charge in [-0.1, -0.05) is 6.92 Å². The Labute approximate surface area is 81.8 Å². The second-order valence-electron chi connectivity index (χ2n) is 3.70. The highest BCUT2D eigenvalue weighted by Crippen LogP contribution is 2.02. The largest absolute Gasteiger partial charge is 0.388 e. The maximum atomic E-state index is 7.07. The van der Waals surface area contributed by atoms with E-state index in [2.05, 4.69) is 25.7 Å². The van der Waals surface area contributed by atoms with Crippen LogP contribution < -0.4 is 5.73 Å². The lowest BCUT2D eigenvalue weighted by atomic mass is 10.2. The van der Waals surface area contributed by atoms with Gasteiger partial charge in [0.1, 0.15) is 0 Å². The zero-order valence-corrected chi connectivity index (χ0v) is 9.14. The lowest BCUT2D eigenvalue weighted by molar-refractivity contribution is 0.229. The van der Waals surface area contributed by atoms with Crippen LogP contribution in [0.1, 0.15) is 40.0 Å². The van der Waals surface area contributed by atoms with Gasteiger partial charge >= 0.3 is 0 Å². The molecule has 0 aromatic carbocycles. The van der Waals surface area contributed by atoms with Crippen LogP contribution in [-0.4, -0.2) is 29.9 Å². The second-order valence-corrected chi connectivity index (χ2v) is 3.70. The number of hydrogen-bond donors (Lipinski definition) is 2. The molecule has 3 heteroatoms. The smallest absolute Gasteiger partial charge is 0.0905 e. The van der Waals surface area contributed by atoms with E-state index in [0.717, 1.165) is 32.4 Å². The molecular formula is C10H23N3. The van der Waals surface area contributed by atoms with Crippen molar-refractivity contribution >= 4 is 5.84 Å². The minimum Gasteiger partial charge on any atom is -0.388 e. The Kier molecular flexibility index (Phi) is 6.59. The summed E-state index contributed by atoms with van der Waals surface area (Å²) in [5.74, 6) is 0.313. The molecule has 0 atom stereocenters. The molecule has 0 aliphatic rings. The number of unbranched alkanes of at least 4 members (excludes halogenated alkanes) is 1. The number of amidine groups is 1. The van der Waals surface area contributed by atoms with Crippen molar-refractivity contribution in [2.75, 3.05) is 13.1 Å². The first-order valence-electron chi connectivity index (χ1n) is 5.14. The first-order valence-corrected chi connectivity index (χ1v) is 5.14. The second kappa shape index (κ2) is 6.89. The summed E-state index contributed by atoms with van der Waals surface area (Å²) in [7, 11) is 0. The van der Waals surface area contributed by atoms with Gasteiger partial charge in [-0.15, -0.1) is 0 Å². The molecular weight excluding hydrogens is 162 g/mol. The average molecular weight is 185 g/mol. The van der Waals surface area contributed by atoms with Crippen molar-refractivity contribution in [2.24, 2.45) is 5.73 Å². The van der Waals surface area contributed by atoms with Gasteiger partial charge in [0.2, 0.25) is 0 Å². The minimum absolute atomic E-state index is 0.313. The van der Waals surface area contributed by atoms with E-state index in [4.69, 9.17) is 11.1 Å². The van der Waals surface area contributed by atoms with Gasteiger partial charge in [0.25, 0.3) is 0 Å².